The summed E-state index contributed by atoms with van der Waals surface area (Å²) in [7, 11) is -3.63. The molecule has 5 nitrogen and oxygen atoms in total. The van der Waals surface area contributed by atoms with E-state index in [4.69, 9.17) is 0 Å². The van der Waals surface area contributed by atoms with E-state index in [0.29, 0.717) is 4.47 Å². The Morgan fingerprint density at radius 1 is 1.12 bits per heavy atom. The maximum absolute atomic E-state index is 12.2. The van der Waals surface area contributed by atoms with Gasteiger partial charge < -0.3 is 5.32 Å². The maximum Gasteiger partial charge on any atom is 0.240 e. The molecule has 2 aromatic rings. The van der Waals surface area contributed by atoms with Crippen LogP contribution in [-0.2, 0) is 14.8 Å². The fraction of sp³-hybridized carbons (Fsp3) is 0.235. The molecule has 0 saturated carbocycles. The van der Waals surface area contributed by atoms with Crippen LogP contribution in [0.1, 0.15) is 17.5 Å². The van der Waals surface area contributed by atoms with Gasteiger partial charge in [-0.3, -0.25) is 4.79 Å². The van der Waals surface area contributed by atoms with Crippen molar-refractivity contribution in [2.75, 3.05) is 11.9 Å². The van der Waals surface area contributed by atoms with Crippen LogP contribution in [-0.4, -0.2) is 20.9 Å². The Morgan fingerprint density at radius 2 is 1.83 bits per heavy atom. The van der Waals surface area contributed by atoms with E-state index in [0.717, 1.165) is 16.8 Å². The van der Waals surface area contributed by atoms with Crippen LogP contribution in [0.15, 0.2) is 51.8 Å². The van der Waals surface area contributed by atoms with Crippen molar-refractivity contribution in [1.29, 1.82) is 0 Å². The molecule has 0 aliphatic heterocycles. The number of amides is 1. The normalized spacial score (nSPS) is 11.3. The van der Waals surface area contributed by atoms with Gasteiger partial charge in [-0.1, -0.05) is 34.1 Å². The first-order valence-corrected chi connectivity index (χ1v) is 9.68. The highest BCUT2D eigenvalue weighted by molar-refractivity contribution is 9.10. The molecule has 0 atom stereocenters. The summed E-state index contributed by atoms with van der Waals surface area (Å²) >= 11 is 3.24. The van der Waals surface area contributed by atoms with E-state index in [1.54, 1.807) is 12.1 Å². The van der Waals surface area contributed by atoms with Crippen molar-refractivity contribution in [3.8, 4) is 0 Å². The summed E-state index contributed by atoms with van der Waals surface area (Å²) < 4.78 is 27.4. The summed E-state index contributed by atoms with van der Waals surface area (Å²) in [4.78, 5) is 12.2. The van der Waals surface area contributed by atoms with Crippen LogP contribution in [0.2, 0.25) is 0 Å². The quantitative estimate of drug-likeness (QED) is 0.766. The third kappa shape index (κ3) is 4.90. The molecule has 2 rings (SSSR count). The van der Waals surface area contributed by atoms with Crippen LogP contribution in [0.4, 0.5) is 5.69 Å². The van der Waals surface area contributed by atoms with Crippen molar-refractivity contribution in [3.05, 3.63) is 58.1 Å². The van der Waals surface area contributed by atoms with Crippen LogP contribution < -0.4 is 10.0 Å². The van der Waals surface area contributed by atoms with Gasteiger partial charge in [0.2, 0.25) is 15.9 Å². The zero-order valence-electron chi connectivity index (χ0n) is 13.5. The van der Waals surface area contributed by atoms with Gasteiger partial charge in [0.05, 0.1) is 4.90 Å². The number of sulfonamides is 1. The topological polar surface area (TPSA) is 75.3 Å². The number of hydrogen-bond acceptors (Lipinski definition) is 3. The van der Waals surface area contributed by atoms with E-state index >= 15 is 0 Å². The zero-order chi connectivity index (χ0) is 17.7. The minimum absolute atomic E-state index is 0.0333. The highest BCUT2D eigenvalue weighted by Gasteiger charge is 2.14. The van der Waals surface area contributed by atoms with Crippen molar-refractivity contribution in [3.63, 3.8) is 0 Å². The fourth-order valence-electron chi connectivity index (χ4n) is 2.12. The van der Waals surface area contributed by atoms with Gasteiger partial charge in [-0.2, -0.15) is 0 Å². The molecular weight excluding hydrogens is 392 g/mol. The monoisotopic (exact) mass is 410 g/mol. The van der Waals surface area contributed by atoms with Gasteiger partial charge in [-0.25, -0.2) is 13.1 Å². The molecule has 0 unspecified atom stereocenters. The third-order valence-corrected chi connectivity index (χ3v) is 5.58. The summed E-state index contributed by atoms with van der Waals surface area (Å²) in [6.07, 6.45) is 0.0562. The maximum atomic E-state index is 12.2. The Hall–Kier alpha value is -1.70. The van der Waals surface area contributed by atoms with E-state index in [9.17, 15) is 13.2 Å². The summed E-state index contributed by atoms with van der Waals surface area (Å²) in [6, 6.07) is 12.1. The van der Waals surface area contributed by atoms with Crippen LogP contribution in [0.3, 0.4) is 0 Å². The number of benzene rings is 2. The van der Waals surface area contributed by atoms with Crippen molar-refractivity contribution < 1.29 is 13.2 Å². The Kier molecular flexibility index (Phi) is 6.15. The van der Waals surface area contributed by atoms with E-state index in [1.807, 2.05) is 32.0 Å². The van der Waals surface area contributed by atoms with E-state index < -0.39 is 10.0 Å². The lowest BCUT2D eigenvalue weighted by Crippen LogP contribution is -2.28. The molecule has 2 aromatic carbocycles. The molecule has 2 N–H and O–H groups in total. The first kappa shape index (κ1) is 18.6. The zero-order valence-corrected chi connectivity index (χ0v) is 15.9. The smallest absolute Gasteiger partial charge is 0.240 e. The summed E-state index contributed by atoms with van der Waals surface area (Å²) in [5.74, 6) is -0.236. The van der Waals surface area contributed by atoms with Gasteiger partial charge in [0, 0.05) is 23.1 Å². The average molecular weight is 411 g/mol. The minimum atomic E-state index is -3.63. The molecule has 128 valence electrons. The first-order chi connectivity index (χ1) is 11.3. The number of anilines is 1. The Morgan fingerprint density at radius 3 is 2.54 bits per heavy atom. The van der Waals surface area contributed by atoms with E-state index in [2.05, 4.69) is 26.0 Å². The molecule has 7 heteroatoms. The van der Waals surface area contributed by atoms with Crippen LogP contribution in [0, 0.1) is 13.8 Å². The second-order valence-electron chi connectivity index (χ2n) is 5.40. The molecule has 0 radical (unpaired) electrons. The highest BCUT2D eigenvalue weighted by atomic mass is 79.9. The molecule has 0 bridgehead atoms. The molecule has 1 amide bonds. The first-order valence-electron chi connectivity index (χ1n) is 7.41. The number of halogens is 1. The van der Waals surface area contributed by atoms with Crippen LogP contribution >= 0.6 is 15.9 Å². The number of rotatable bonds is 6. The standard InChI is InChI=1S/C17H19BrN2O3S/c1-12-5-3-8-16(13(12)2)20-17(21)9-10-19-24(22,23)15-7-4-6-14(18)11-15/h3-8,11,19H,9-10H2,1-2H3,(H,20,21). The molecule has 0 fully saturated rings. The van der Waals surface area contributed by atoms with Gasteiger partial charge in [0.25, 0.3) is 0 Å². The largest absolute Gasteiger partial charge is 0.326 e. The fourth-order valence-corrected chi connectivity index (χ4v) is 3.74. The number of nitrogens with one attached hydrogen (secondary N) is 2. The molecule has 0 spiro atoms. The second kappa shape index (κ2) is 7.92. The third-order valence-electron chi connectivity index (χ3n) is 3.63. The molecule has 24 heavy (non-hydrogen) atoms. The average Bonchev–Trinajstić information content (AvgIpc) is 2.52. The predicted molar refractivity (Wildman–Crippen MR) is 98.5 cm³/mol. The number of carbonyl (C=O) groups excluding carboxylic acids is 1. The van der Waals surface area contributed by atoms with Crippen molar-refractivity contribution >= 4 is 37.5 Å². The van der Waals surface area contributed by atoms with Crippen molar-refractivity contribution in [2.45, 2.75) is 25.2 Å². The van der Waals surface area contributed by atoms with Gasteiger partial charge in [-0.05, 0) is 49.2 Å². The summed E-state index contributed by atoms with van der Waals surface area (Å²) in [5, 5.41) is 2.80. The SMILES string of the molecule is Cc1cccc(NC(=O)CCNS(=O)(=O)c2cccc(Br)c2)c1C. The molecular formula is C17H19BrN2O3S. The Labute approximate surface area is 150 Å². The van der Waals surface area contributed by atoms with Gasteiger partial charge >= 0.3 is 0 Å². The minimum Gasteiger partial charge on any atom is -0.326 e. The highest BCUT2D eigenvalue weighted by Crippen LogP contribution is 2.18. The van der Waals surface area contributed by atoms with E-state index in [-0.39, 0.29) is 23.8 Å². The van der Waals surface area contributed by atoms with Gasteiger partial charge in [-0.15, -0.1) is 0 Å². The molecule has 0 aromatic heterocycles. The van der Waals surface area contributed by atoms with Crippen molar-refractivity contribution in [1.82, 2.24) is 4.72 Å². The van der Waals surface area contributed by atoms with Gasteiger partial charge in [0.15, 0.2) is 0 Å². The lowest BCUT2D eigenvalue weighted by atomic mass is 10.1. The van der Waals surface area contributed by atoms with E-state index in [1.165, 1.54) is 12.1 Å². The Balaban J connectivity index is 1.92. The molecule has 0 aliphatic carbocycles. The summed E-state index contributed by atoms with van der Waals surface area (Å²) in [5.41, 5.74) is 2.83. The molecule has 0 heterocycles. The number of carbonyl (C=O) groups is 1. The second-order valence-corrected chi connectivity index (χ2v) is 8.08. The van der Waals surface area contributed by atoms with Crippen LogP contribution in [0.5, 0.6) is 0 Å². The molecule has 0 saturated heterocycles. The van der Waals surface area contributed by atoms with Gasteiger partial charge in [0.1, 0.15) is 0 Å². The number of hydrogen-bond donors (Lipinski definition) is 2. The Bertz CT molecular complexity index is 851. The lowest BCUT2D eigenvalue weighted by Gasteiger charge is -2.11. The molecule has 0 aliphatic rings. The lowest BCUT2D eigenvalue weighted by molar-refractivity contribution is -0.116. The predicted octanol–water partition coefficient (Wildman–Crippen LogP) is 3.37. The summed E-state index contributed by atoms with van der Waals surface area (Å²) in [6.45, 7) is 3.93. The van der Waals surface area contributed by atoms with Crippen LogP contribution in [0.25, 0.3) is 0 Å². The number of aryl methyl sites for hydroxylation is 1. The van der Waals surface area contributed by atoms with Crippen molar-refractivity contribution in [2.24, 2.45) is 0 Å².